The Morgan fingerprint density at radius 3 is 2.83 bits per heavy atom. The Bertz CT molecular complexity index is 1120. The number of carbonyl (C=O) groups is 3. The van der Waals surface area contributed by atoms with E-state index < -0.39 is 24.5 Å². The third-order valence-electron chi connectivity index (χ3n) is 4.81. The fourth-order valence-electron chi connectivity index (χ4n) is 3.43. The van der Waals surface area contributed by atoms with Gasteiger partial charge < -0.3 is 19.2 Å². The third kappa shape index (κ3) is 4.06. The standard InChI is InChI=1S/C21H20N2O6S/c1-2-27-21(26)18-13-5-3-4-6-16(13)30-19(18)23-17(24)10-28-20(25)12-7-8-14-15(9-12)29-11-22-14/h7-9,11H,2-6,10H2,1H3,(H,23,24). The van der Waals surface area contributed by atoms with Gasteiger partial charge in [0.15, 0.2) is 18.6 Å². The zero-order valence-electron chi connectivity index (χ0n) is 16.4. The van der Waals surface area contributed by atoms with Gasteiger partial charge in [-0.15, -0.1) is 11.3 Å². The number of nitrogens with zero attached hydrogens (tertiary/aromatic N) is 1. The van der Waals surface area contributed by atoms with Crippen molar-refractivity contribution < 1.29 is 28.3 Å². The van der Waals surface area contributed by atoms with Gasteiger partial charge in [0.05, 0.1) is 17.7 Å². The summed E-state index contributed by atoms with van der Waals surface area (Å²) in [5.74, 6) is -1.61. The van der Waals surface area contributed by atoms with Crippen molar-refractivity contribution >= 4 is 45.3 Å². The number of ether oxygens (including phenoxy) is 2. The second-order valence-corrected chi connectivity index (χ2v) is 7.90. The number of thiophene rings is 1. The van der Waals surface area contributed by atoms with E-state index in [0.717, 1.165) is 36.1 Å². The first kappa shape index (κ1) is 20.1. The molecule has 2 aromatic heterocycles. The van der Waals surface area contributed by atoms with Crippen LogP contribution in [-0.2, 0) is 27.1 Å². The van der Waals surface area contributed by atoms with Crippen LogP contribution in [0.25, 0.3) is 11.1 Å². The lowest BCUT2D eigenvalue weighted by molar-refractivity contribution is -0.119. The Hall–Kier alpha value is -3.20. The third-order valence-corrected chi connectivity index (χ3v) is 6.01. The van der Waals surface area contributed by atoms with Gasteiger partial charge in [-0.1, -0.05) is 0 Å². The minimum Gasteiger partial charge on any atom is -0.462 e. The quantitative estimate of drug-likeness (QED) is 0.596. The van der Waals surface area contributed by atoms with Crippen molar-refractivity contribution in [2.24, 2.45) is 0 Å². The lowest BCUT2D eigenvalue weighted by atomic mass is 9.95. The normalized spacial score (nSPS) is 13.0. The summed E-state index contributed by atoms with van der Waals surface area (Å²) in [5.41, 5.74) is 2.71. The van der Waals surface area contributed by atoms with Crippen molar-refractivity contribution in [3.63, 3.8) is 0 Å². The van der Waals surface area contributed by atoms with Crippen LogP contribution in [0.4, 0.5) is 5.00 Å². The summed E-state index contributed by atoms with van der Waals surface area (Å²) in [6.45, 7) is 1.52. The van der Waals surface area contributed by atoms with Crippen molar-refractivity contribution in [1.82, 2.24) is 4.98 Å². The molecule has 1 aromatic carbocycles. The number of anilines is 1. The smallest absolute Gasteiger partial charge is 0.341 e. The number of hydrogen-bond donors (Lipinski definition) is 1. The minimum absolute atomic E-state index is 0.254. The van der Waals surface area contributed by atoms with E-state index in [1.807, 2.05) is 0 Å². The SMILES string of the molecule is CCOC(=O)c1c(NC(=O)COC(=O)c2ccc3ncoc3c2)sc2c1CCCC2. The molecule has 0 radical (unpaired) electrons. The Labute approximate surface area is 176 Å². The summed E-state index contributed by atoms with van der Waals surface area (Å²) in [7, 11) is 0. The Morgan fingerprint density at radius 2 is 2.00 bits per heavy atom. The van der Waals surface area contributed by atoms with Crippen LogP contribution in [0.2, 0.25) is 0 Å². The van der Waals surface area contributed by atoms with Crippen molar-refractivity contribution in [3.05, 3.63) is 46.2 Å². The highest BCUT2D eigenvalue weighted by Crippen LogP contribution is 2.38. The topological polar surface area (TPSA) is 108 Å². The van der Waals surface area contributed by atoms with Crippen LogP contribution in [0.15, 0.2) is 29.0 Å². The molecule has 0 spiro atoms. The Morgan fingerprint density at radius 1 is 1.17 bits per heavy atom. The zero-order chi connectivity index (χ0) is 21.1. The first-order chi connectivity index (χ1) is 14.6. The number of fused-ring (bicyclic) bond motifs is 2. The highest BCUT2D eigenvalue weighted by atomic mass is 32.1. The second-order valence-electron chi connectivity index (χ2n) is 6.79. The monoisotopic (exact) mass is 428 g/mol. The molecule has 8 nitrogen and oxygen atoms in total. The van der Waals surface area contributed by atoms with Gasteiger partial charge in [0.2, 0.25) is 0 Å². The van der Waals surface area contributed by atoms with Gasteiger partial charge >= 0.3 is 11.9 Å². The van der Waals surface area contributed by atoms with E-state index in [4.69, 9.17) is 13.9 Å². The highest BCUT2D eigenvalue weighted by Gasteiger charge is 2.27. The van der Waals surface area contributed by atoms with Crippen LogP contribution < -0.4 is 5.32 Å². The molecule has 0 saturated carbocycles. The number of benzene rings is 1. The zero-order valence-corrected chi connectivity index (χ0v) is 17.2. The molecule has 0 unspecified atom stereocenters. The van der Waals surface area contributed by atoms with E-state index in [1.165, 1.54) is 23.8 Å². The molecule has 0 saturated heterocycles. The molecule has 1 aliphatic rings. The van der Waals surface area contributed by atoms with Gasteiger partial charge in [-0.05, 0) is 56.4 Å². The first-order valence-electron chi connectivity index (χ1n) is 9.68. The van der Waals surface area contributed by atoms with Crippen molar-refractivity contribution in [2.45, 2.75) is 32.6 Å². The number of aryl methyl sites for hydroxylation is 1. The van der Waals surface area contributed by atoms with Crippen LogP contribution in [0, 0.1) is 0 Å². The number of nitrogens with one attached hydrogen (secondary N) is 1. The van der Waals surface area contributed by atoms with Gasteiger partial charge in [-0.25, -0.2) is 14.6 Å². The van der Waals surface area contributed by atoms with Gasteiger partial charge in [-0.2, -0.15) is 0 Å². The average Bonchev–Trinajstić information content (AvgIpc) is 3.35. The molecule has 156 valence electrons. The first-order valence-corrected chi connectivity index (χ1v) is 10.5. The fraction of sp³-hybridized carbons (Fsp3) is 0.333. The maximum Gasteiger partial charge on any atom is 0.341 e. The fourth-order valence-corrected chi connectivity index (χ4v) is 4.73. The van der Waals surface area contributed by atoms with Crippen molar-refractivity contribution in [1.29, 1.82) is 0 Å². The molecule has 0 atom stereocenters. The summed E-state index contributed by atoms with van der Waals surface area (Å²) >= 11 is 1.38. The number of rotatable bonds is 6. The molecule has 1 amide bonds. The second kappa shape index (κ2) is 8.66. The van der Waals surface area contributed by atoms with Crippen molar-refractivity contribution in [2.75, 3.05) is 18.5 Å². The van der Waals surface area contributed by atoms with E-state index in [0.29, 0.717) is 21.7 Å². The van der Waals surface area contributed by atoms with Gasteiger partial charge in [0.25, 0.3) is 5.91 Å². The number of esters is 2. The number of amides is 1. The molecule has 0 fully saturated rings. The molecule has 1 N–H and O–H groups in total. The predicted molar refractivity (Wildman–Crippen MR) is 110 cm³/mol. The number of oxazole rings is 1. The van der Waals surface area contributed by atoms with Crippen molar-refractivity contribution in [3.8, 4) is 0 Å². The molecule has 4 rings (SSSR count). The maximum atomic E-state index is 12.4. The van der Waals surface area contributed by atoms with E-state index in [9.17, 15) is 14.4 Å². The lowest BCUT2D eigenvalue weighted by Crippen LogP contribution is -2.22. The highest BCUT2D eigenvalue weighted by molar-refractivity contribution is 7.17. The maximum absolute atomic E-state index is 12.4. The summed E-state index contributed by atoms with van der Waals surface area (Å²) in [6.07, 6.45) is 5.00. The molecule has 3 aromatic rings. The molecular formula is C21H20N2O6S. The number of hydrogen-bond acceptors (Lipinski definition) is 8. The molecule has 30 heavy (non-hydrogen) atoms. The predicted octanol–water partition coefficient (Wildman–Crippen LogP) is 3.74. The lowest BCUT2D eigenvalue weighted by Gasteiger charge is -2.12. The molecule has 1 aliphatic carbocycles. The molecular weight excluding hydrogens is 408 g/mol. The molecule has 9 heteroatoms. The summed E-state index contributed by atoms with van der Waals surface area (Å²) in [4.78, 5) is 42.2. The Balaban J connectivity index is 1.44. The van der Waals surface area contributed by atoms with Crippen LogP contribution in [0.5, 0.6) is 0 Å². The molecule has 2 heterocycles. The summed E-state index contributed by atoms with van der Waals surface area (Å²) in [6, 6.07) is 4.70. The molecule has 0 bridgehead atoms. The number of carbonyl (C=O) groups excluding carboxylic acids is 3. The molecule has 0 aliphatic heterocycles. The van der Waals surface area contributed by atoms with E-state index in [2.05, 4.69) is 10.3 Å². The van der Waals surface area contributed by atoms with Crippen LogP contribution in [-0.4, -0.2) is 36.0 Å². The largest absolute Gasteiger partial charge is 0.462 e. The minimum atomic E-state index is -0.653. The average molecular weight is 428 g/mol. The van der Waals surface area contributed by atoms with Gasteiger partial charge in [-0.3, -0.25) is 4.79 Å². The van der Waals surface area contributed by atoms with Gasteiger partial charge in [0.1, 0.15) is 10.5 Å². The van der Waals surface area contributed by atoms with E-state index in [1.54, 1.807) is 19.1 Å². The number of aromatic nitrogens is 1. The van der Waals surface area contributed by atoms with E-state index >= 15 is 0 Å². The summed E-state index contributed by atoms with van der Waals surface area (Å²) < 4.78 is 15.5. The van der Waals surface area contributed by atoms with Gasteiger partial charge in [0, 0.05) is 4.88 Å². The van der Waals surface area contributed by atoms with Crippen LogP contribution in [0.3, 0.4) is 0 Å². The van der Waals surface area contributed by atoms with Crippen LogP contribution >= 0.6 is 11.3 Å². The van der Waals surface area contributed by atoms with Crippen LogP contribution in [0.1, 0.15) is 50.9 Å². The van der Waals surface area contributed by atoms with E-state index in [-0.39, 0.29) is 12.2 Å². The summed E-state index contributed by atoms with van der Waals surface area (Å²) in [5, 5.41) is 3.16. The Kier molecular flexibility index (Phi) is 5.80.